The SMILES string of the molecule is COc1cc(Br)c(N)cc1S(=O)(=O)N1CCCC1(C)C. The molecule has 112 valence electrons. The summed E-state index contributed by atoms with van der Waals surface area (Å²) >= 11 is 3.28. The molecule has 1 aromatic rings. The van der Waals surface area contributed by atoms with Crippen molar-refractivity contribution in [2.75, 3.05) is 19.4 Å². The average molecular weight is 363 g/mol. The lowest BCUT2D eigenvalue weighted by Gasteiger charge is -2.31. The van der Waals surface area contributed by atoms with E-state index in [4.69, 9.17) is 10.5 Å². The maximum atomic E-state index is 12.9. The molecule has 0 amide bonds. The maximum Gasteiger partial charge on any atom is 0.247 e. The molecule has 7 heteroatoms. The summed E-state index contributed by atoms with van der Waals surface area (Å²) in [4.78, 5) is 0.121. The minimum Gasteiger partial charge on any atom is -0.495 e. The molecule has 1 fully saturated rings. The zero-order valence-electron chi connectivity index (χ0n) is 11.8. The lowest BCUT2D eigenvalue weighted by Crippen LogP contribution is -2.42. The molecule has 0 aromatic heterocycles. The van der Waals surface area contributed by atoms with Crippen molar-refractivity contribution < 1.29 is 13.2 Å². The number of rotatable bonds is 3. The van der Waals surface area contributed by atoms with Crippen LogP contribution < -0.4 is 10.5 Å². The molecule has 0 atom stereocenters. The standard InChI is InChI=1S/C13H19BrN2O3S/c1-13(2)5-4-6-16(13)20(17,18)12-8-10(15)9(14)7-11(12)19-3/h7-8H,4-6,15H2,1-3H3. The molecule has 0 spiro atoms. The second-order valence-electron chi connectivity index (χ2n) is 5.52. The molecule has 1 aromatic carbocycles. The first-order valence-electron chi connectivity index (χ1n) is 6.36. The summed E-state index contributed by atoms with van der Waals surface area (Å²) < 4.78 is 33.1. The van der Waals surface area contributed by atoms with Gasteiger partial charge in [0.05, 0.1) is 7.11 Å². The van der Waals surface area contributed by atoms with E-state index in [0.29, 0.717) is 22.5 Å². The largest absolute Gasteiger partial charge is 0.495 e. The molecule has 0 unspecified atom stereocenters. The molecule has 20 heavy (non-hydrogen) atoms. The Bertz CT molecular complexity index is 629. The number of nitrogens with zero attached hydrogens (tertiary/aromatic N) is 1. The summed E-state index contributed by atoms with van der Waals surface area (Å²) in [5.41, 5.74) is 5.81. The fraction of sp³-hybridized carbons (Fsp3) is 0.538. The van der Waals surface area contributed by atoms with Crippen molar-refractivity contribution in [3.8, 4) is 5.75 Å². The smallest absolute Gasteiger partial charge is 0.247 e. The zero-order valence-corrected chi connectivity index (χ0v) is 14.2. The average Bonchev–Trinajstić information content (AvgIpc) is 2.72. The molecule has 1 heterocycles. The van der Waals surface area contributed by atoms with Crippen LogP contribution in [0.3, 0.4) is 0 Å². The summed E-state index contributed by atoms with van der Waals surface area (Å²) in [7, 11) is -2.17. The van der Waals surface area contributed by atoms with E-state index >= 15 is 0 Å². The second kappa shape index (κ2) is 5.20. The van der Waals surface area contributed by atoms with Crippen LogP contribution in [-0.4, -0.2) is 31.9 Å². The van der Waals surface area contributed by atoms with Gasteiger partial charge in [-0.05, 0) is 54.8 Å². The normalized spacial score (nSPS) is 19.2. The lowest BCUT2D eigenvalue weighted by atomic mass is 10.0. The summed E-state index contributed by atoms with van der Waals surface area (Å²) in [5.74, 6) is 0.300. The van der Waals surface area contributed by atoms with E-state index in [1.165, 1.54) is 17.5 Å². The number of benzene rings is 1. The van der Waals surface area contributed by atoms with Gasteiger partial charge in [-0.2, -0.15) is 4.31 Å². The first-order valence-corrected chi connectivity index (χ1v) is 8.59. The van der Waals surface area contributed by atoms with E-state index in [2.05, 4.69) is 15.9 Å². The van der Waals surface area contributed by atoms with Gasteiger partial charge in [0.1, 0.15) is 10.6 Å². The lowest BCUT2D eigenvalue weighted by molar-refractivity contribution is 0.290. The summed E-state index contributed by atoms with van der Waals surface area (Å²) in [6, 6.07) is 3.04. The Labute approximate surface area is 128 Å². The van der Waals surface area contributed by atoms with Crippen molar-refractivity contribution in [3.63, 3.8) is 0 Å². The van der Waals surface area contributed by atoms with E-state index < -0.39 is 10.0 Å². The van der Waals surface area contributed by atoms with Crippen molar-refractivity contribution >= 4 is 31.6 Å². The van der Waals surface area contributed by atoms with E-state index in [0.717, 1.165) is 12.8 Å². The van der Waals surface area contributed by atoms with Crippen LogP contribution in [0.1, 0.15) is 26.7 Å². The summed E-state index contributed by atoms with van der Waals surface area (Å²) in [6.45, 7) is 4.40. The fourth-order valence-electron chi connectivity index (χ4n) is 2.56. The minimum atomic E-state index is -3.62. The van der Waals surface area contributed by atoms with Crippen LogP contribution in [0.2, 0.25) is 0 Å². The minimum absolute atomic E-state index is 0.121. The van der Waals surface area contributed by atoms with Crippen LogP contribution in [0.5, 0.6) is 5.75 Å². The van der Waals surface area contributed by atoms with Crippen LogP contribution in [-0.2, 0) is 10.0 Å². The predicted molar refractivity (Wildman–Crippen MR) is 82.3 cm³/mol. The van der Waals surface area contributed by atoms with E-state index in [1.54, 1.807) is 6.07 Å². The number of ether oxygens (including phenoxy) is 1. The Kier molecular flexibility index (Phi) is 4.05. The van der Waals surface area contributed by atoms with Gasteiger partial charge >= 0.3 is 0 Å². The molecule has 1 aliphatic heterocycles. The van der Waals surface area contributed by atoms with Gasteiger partial charge in [0.15, 0.2) is 0 Å². The van der Waals surface area contributed by atoms with Crippen molar-refractivity contribution in [1.29, 1.82) is 0 Å². The number of sulfonamides is 1. The predicted octanol–water partition coefficient (Wildman–Crippen LogP) is 2.60. The van der Waals surface area contributed by atoms with Crippen molar-refractivity contribution in [1.82, 2.24) is 4.31 Å². The Balaban J connectivity index is 2.58. The highest BCUT2D eigenvalue weighted by atomic mass is 79.9. The van der Waals surface area contributed by atoms with Gasteiger partial charge in [-0.1, -0.05) is 0 Å². The van der Waals surface area contributed by atoms with Gasteiger partial charge in [-0.3, -0.25) is 0 Å². The third-order valence-corrected chi connectivity index (χ3v) is 6.49. The summed E-state index contributed by atoms with van der Waals surface area (Å²) in [5, 5.41) is 0. The Hall–Kier alpha value is -0.790. The number of hydrogen-bond donors (Lipinski definition) is 1. The van der Waals surface area contributed by atoms with Crippen molar-refractivity contribution in [3.05, 3.63) is 16.6 Å². The van der Waals surface area contributed by atoms with Gasteiger partial charge in [-0.15, -0.1) is 0 Å². The van der Waals surface area contributed by atoms with E-state index in [1.807, 2.05) is 13.8 Å². The second-order valence-corrected chi connectivity index (χ2v) is 8.20. The third kappa shape index (κ3) is 2.54. The van der Waals surface area contributed by atoms with Crippen LogP contribution in [0, 0.1) is 0 Å². The molecule has 0 bridgehead atoms. The Morgan fingerprint density at radius 3 is 2.55 bits per heavy atom. The molecule has 1 saturated heterocycles. The van der Waals surface area contributed by atoms with Gasteiger partial charge in [0.2, 0.25) is 10.0 Å². The fourth-order valence-corrected chi connectivity index (χ4v) is 4.90. The van der Waals surface area contributed by atoms with Crippen LogP contribution in [0.4, 0.5) is 5.69 Å². The first-order chi connectivity index (χ1) is 9.20. The molecule has 0 saturated carbocycles. The number of halogens is 1. The number of anilines is 1. The topological polar surface area (TPSA) is 72.6 Å². The molecule has 2 rings (SSSR count). The zero-order chi connectivity index (χ0) is 15.1. The molecular formula is C13H19BrN2O3S. The molecule has 0 aliphatic carbocycles. The molecular weight excluding hydrogens is 344 g/mol. The Morgan fingerprint density at radius 1 is 1.40 bits per heavy atom. The van der Waals surface area contributed by atoms with Crippen LogP contribution in [0.25, 0.3) is 0 Å². The first kappa shape index (κ1) is 15.6. The van der Waals surface area contributed by atoms with Crippen LogP contribution >= 0.6 is 15.9 Å². The Morgan fingerprint density at radius 2 is 2.05 bits per heavy atom. The van der Waals surface area contributed by atoms with E-state index in [-0.39, 0.29) is 10.4 Å². The maximum absolute atomic E-state index is 12.9. The van der Waals surface area contributed by atoms with Crippen molar-refractivity contribution in [2.45, 2.75) is 37.1 Å². The number of hydrogen-bond acceptors (Lipinski definition) is 4. The number of methoxy groups -OCH3 is 1. The highest BCUT2D eigenvalue weighted by Gasteiger charge is 2.42. The number of nitrogen functional groups attached to an aromatic ring is 1. The molecule has 1 aliphatic rings. The number of nitrogens with two attached hydrogens (primary N) is 1. The monoisotopic (exact) mass is 362 g/mol. The van der Waals surface area contributed by atoms with Gasteiger partial charge < -0.3 is 10.5 Å². The molecule has 2 N–H and O–H groups in total. The van der Waals surface area contributed by atoms with Crippen LogP contribution in [0.15, 0.2) is 21.5 Å². The quantitative estimate of drug-likeness (QED) is 0.838. The molecule has 5 nitrogen and oxygen atoms in total. The molecule has 0 radical (unpaired) electrons. The van der Waals surface area contributed by atoms with Gasteiger partial charge in [0.25, 0.3) is 0 Å². The highest BCUT2D eigenvalue weighted by Crippen LogP contribution is 2.39. The highest BCUT2D eigenvalue weighted by molar-refractivity contribution is 9.10. The van der Waals surface area contributed by atoms with Gasteiger partial charge in [-0.25, -0.2) is 8.42 Å². The van der Waals surface area contributed by atoms with E-state index in [9.17, 15) is 8.42 Å². The third-order valence-electron chi connectivity index (χ3n) is 3.68. The van der Waals surface area contributed by atoms with Crippen molar-refractivity contribution in [2.24, 2.45) is 0 Å². The van der Waals surface area contributed by atoms with Gasteiger partial charge in [0, 0.05) is 22.2 Å². The summed E-state index contributed by atoms with van der Waals surface area (Å²) in [6.07, 6.45) is 1.71.